The van der Waals surface area contributed by atoms with Gasteiger partial charge >= 0.3 is 0 Å². The molecule has 0 aromatic heterocycles. The standard InChI is InChI=1S/C16H9Cl2N3O5/c17-12-3-1-9(7-13(12)18)20-16(24)11(15(23)19-20)6-8-5-10(21(25)26)2-4-14(8)22/h1-7,22H,(H,19,23)/p-1/b11-6+. The molecule has 1 heterocycles. The van der Waals surface area contributed by atoms with Gasteiger partial charge in [0.2, 0.25) is 0 Å². The first-order valence-electron chi connectivity index (χ1n) is 7.05. The zero-order chi connectivity index (χ0) is 19.0. The minimum Gasteiger partial charge on any atom is -0.872 e. The Balaban J connectivity index is 1.99. The number of amides is 2. The number of hydrogen-bond donors (Lipinski definition) is 1. The molecule has 2 aromatic carbocycles. The molecule has 0 radical (unpaired) electrons. The summed E-state index contributed by atoms with van der Waals surface area (Å²) in [5.74, 6) is -2.05. The fraction of sp³-hybridized carbons (Fsp3) is 0. The summed E-state index contributed by atoms with van der Waals surface area (Å²) in [5.41, 5.74) is 1.79. The summed E-state index contributed by atoms with van der Waals surface area (Å²) in [5, 5.41) is 24.1. The molecule has 1 saturated heterocycles. The lowest BCUT2D eigenvalue weighted by atomic mass is 10.1. The van der Waals surface area contributed by atoms with Gasteiger partial charge in [0.05, 0.1) is 20.7 Å². The van der Waals surface area contributed by atoms with E-state index in [1.165, 1.54) is 18.2 Å². The van der Waals surface area contributed by atoms with Crippen LogP contribution in [0.3, 0.4) is 0 Å². The fourth-order valence-electron chi connectivity index (χ4n) is 2.28. The monoisotopic (exact) mass is 392 g/mol. The molecule has 2 aromatic rings. The molecule has 0 atom stereocenters. The quantitative estimate of drug-likeness (QED) is 0.372. The van der Waals surface area contributed by atoms with E-state index in [4.69, 9.17) is 23.2 Å². The highest BCUT2D eigenvalue weighted by Crippen LogP contribution is 2.30. The summed E-state index contributed by atoms with van der Waals surface area (Å²) in [6, 6.07) is 7.36. The summed E-state index contributed by atoms with van der Waals surface area (Å²) in [4.78, 5) is 34.8. The van der Waals surface area contributed by atoms with Crippen molar-refractivity contribution in [2.24, 2.45) is 0 Å². The van der Waals surface area contributed by atoms with Crippen LogP contribution in [-0.4, -0.2) is 16.7 Å². The van der Waals surface area contributed by atoms with E-state index < -0.39 is 22.5 Å². The molecule has 0 aliphatic carbocycles. The molecule has 3 rings (SSSR count). The number of rotatable bonds is 3. The second kappa shape index (κ2) is 6.66. The number of anilines is 1. The smallest absolute Gasteiger partial charge is 0.282 e. The number of nitro benzene ring substituents is 1. The van der Waals surface area contributed by atoms with Gasteiger partial charge in [-0.15, -0.1) is 5.75 Å². The van der Waals surface area contributed by atoms with Crippen molar-refractivity contribution in [2.75, 3.05) is 5.01 Å². The molecular formula is C16H8Cl2N3O5-. The molecular weight excluding hydrogens is 385 g/mol. The van der Waals surface area contributed by atoms with Gasteiger partial charge < -0.3 is 5.11 Å². The first-order chi connectivity index (χ1) is 12.3. The molecule has 0 spiro atoms. The van der Waals surface area contributed by atoms with Crippen molar-refractivity contribution < 1.29 is 19.6 Å². The van der Waals surface area contributed by atoms with Crippen LogP contribution in [0.25, 0.3) is 6.08 Å². The Hall–Kier alpha value is -3.10. The summed E-state index contributed by atoms with van der Waals surface area (Å²) < 4.78 is 0. The Morgan fingerprint density at radius 3 is 2.46 bits per heavy atom. The van der Waals surface area contributed by atoms with Crippen molar-refractivity contribution >= 4 is 52.5 Å². The second-order valence-electron chi connectivity index (χ2n) is 5.22. The minimum atomic E-state index is -0.757. The van der Waals surface area contributed by atoms with E-state index in [0.29, 0.717) is 0 Å². The Morgan fingerprint density at radius 2 is 1.81 bits per heavy atom. The number of halogens is 2. The molecule has 10 heteroatoms. The molecule has 26 heavy (non-hydrogen) atoms. The van der Waals surface area contributed by atoms with Crippen molar-refractivity contribution in [2.45, 2.75) is 0 Å². The highest BCUT2D eigenvalue weighted by molar-refractivity contribution is 6.42. The molecule has 0 unspecified atom stereocenters. The molecule has 1 N–H and O–H groups in total. The topological polar surface area (TPSA) is 116 Å². The van der Waals surface area contributed by atoms with Gasteiger partial charge in [0, 0.05) is 12.1 Å². The van der Waals surface area contributed by atoms with Gasteiger partial charge in [-0.2, -0.15) is 0 Å². The summed E-state index contributed by atoms with van der Waals surface area (Å²) in [7, 11) is 0. The van der Waals surface area contributed by atoms with Gasteiger partial charge in [-0.05, 0) is 29.8 Å². The van der Waals surface area contributed by atoms with E-state index in [0.717, 1.165) is 29.3 Å². The number of benzene rings is 2. The second-order valence-corrected chi connectivity index (χ2v) is 6.03. The van der Waals surface area contributed by atoms with Crippen LogP contribution in [0.5, 0.6) is 5.75 Å². The van der Waals surface area contributed by atoms with Crippen LogP contribution < -0.4 is 15.5 Å². The van der Waals surface area contributed by atoms with Gasteiger partial charge in [-0.1, -0.05) is 29.3 Å². The highest BCUT2D eigenvalue weighted by Gasteiger charge is 2.34. The third kappa shape index (κ3) is 3.19. The van der Waals surface area contributed by atoms with E-state index in [2.05, 4.69) is 5.43 Å². The normalized spacial score (nSPS) is 15.5. The van der Waals surface area contributed by atoms with E-state index in [1.807, 2.05) is 0 Å². The zero-order valence-corrected chi connectivity index (χ0v) is 14.2. The van der Waals surface area contributed by atoms with Crippen LogP contribution in [-0.2, 0) is 9.59 Å². The third-order valence-corrected chi connectivity index (χ3v) is 4.30. The maximum atomic E-state index is 12.5. The van der Waals surface area contributed by atoms with E-state index >= 15 is 0 Å². The number of nitro groups is 1. The third-order valence-electron chi connectivity index (χ3n) is 3.56. The van der Waals surface area contributed by atoms with Crippen molar-refractivity contribution in [1.82, 2.24) is 5.43 Å². The van der Waals surface area contributed by atoms with Gasteiger partial charge in [0.15, 0.2) is 0 Å². The summed E-state index contributed by atoms with van der Waals surface area (Å²) in [6.07, 6.45) is 1.02. The van der Waals surface area contributed by atoms with Crippen LogP contribution in [0.4, 0.5) is 11.4 Å². The van der Waals surface area contributed by atoms with Gasteiger partial charge in [-0.25, -0.2) is 5.01 Å². The summed E-state index contributed by atoms with van der Waals surface area (Å²) >= 11 is 11.7. The van der Waals surface area contributed by atoms with E-state index in [-0.39, 0.29) is 32.6 Å². The van der Waals surface area contributed by atoms with Crippen molar-refractivity contribution in [3.05, 3.63) is 67.7 Å². The number of non-ortho nitro benzene ring substituents is 1. The Kier molecular flexibility index (Phi) is 4.54. The van der Waals surface area contributed by atoms with Crippen molar-refractivity contribution in [1.29, 1.82) is 0 Å². The van der Waals surface area contributed by atoms with Crippen molar-refractivity contribution in [3.8, 4) is 5.75 Å². The molecule has 0 bridgehead atoms. The average molecular weight is 393 g/mol. The molecule has 1 fully saturated rings. The van der Waals surface area contributed by atoms with E-state index in [9.17, 15) is 24.8 Å². The Bertz CT molecular complexity index is 990. The lowest BCUT2D eigenvalue weighted by molar-refractivity contribution is -0.385. The van der Waals surface area contributed by atoms with Crippen LogP contribution in [0.2, 0.25) is 10.0 Å². The molecule has 1 aliphatic heterocycles. The van der Waals surface area contributed by atoms with Crippen molar-refractivity contribution in [3.63, 3.8) is 0 Å². The highest BCUT2D eigenvalue weighted by atomic mass is 35.5. The van der Waals surface area contributed by atoms with Gasteiger partial charge in [0.25, 0.3) is 17.5 Å². The van der Waals surface area contributed by atoms with Gasteiger partial charge in [0.1, 0.15) is 5.57 Å². The zero-order valence-electron chi connectivity index (χ0n) is 12.7. The van der Waals surface area contributed by atoms with Gasteiger partial charge in [-0.3, -0.25) is 25.1 Å². The SMILES string of the molecule is O=C1NN(c2ccc(Cl)c(Cl)c2)C(=O)/C1=C/c1cc([N+](=O)[O-])ccc1[O-]. The number of hydrazine groups is 1. The minimum absolute atomic E-state index is 0.145. The van der Waals surface area contributed by atoms with Crippen LogP contribution in [0.15, 0.2) is 42.0 Å². The molecule has 132 valence electrons. The first kappa shape index (κ1) is 17.7. The largest absolute Gasteiger partial charge is 0.872 e. The van der Waals surface area contributed by atoms with Crippen LogP contribution >= 0.6 is 23.2 Å². The summed E-state index contributed by atoms with van der Waals surface area (Å²) in [6.45, 7) is 0. The lowest BCUT2D eigenvalue weighted by Gasteiger charge is -2.15. The fourth-order valence-corrected chi connectivity index (χ4v) is 2.57. The maximum absolute atomic E-state index is 12.5. The maximum Gasteiger partial charge on any atom is 0.282 e. The number of nitrogens with zero attached hydrogens (tertiary/aromatic N) is 2. The molecule has 0 saturated carbocycles. The number of nitrogens with one attached hydrogen (secondary N) is 1. The number of hydrogen-bond acceptors (Lipinski definition) is 5. The van der Waals surface area contributed by atoms with E-state index in [1.54, 1.807) is 0 Å². The average Bonchev–Trinajstić information content (AvgIpc) is 2.87. The lowest BCUT2D eigenvalue weighted by Crippen LogP contribution is -2.35. The molecule has 8 nitrogen and oxygen atoms in total. The number of carbonyl (C=O) groups excluding carboxylic acids is 2. The van der Waals surface area contributed by atoms with Crippen LogP contribution in [0, 0.1) is 10.1 Å². The Labute approximate surface area is 156 Å². The number of carbonyl (C=O) groups is 2. The Morgan fingerprint density at radius 1 is 1.08 bits per heavy atom. The molecule has 1 aliphatic rings. The predicted octanol–water partition coefficient (Wildman–Crippen LogP) is 2.44. The first-order valence-corrected chi connectivity index (χ1v) is 7.81. The van der Waals surface area contributed by atoms with Crippen LogP contribution in [0.1, 0.15) is 5.56 Å². The molecule has 2 amide bonds. The predicted molar refractivity (Wildman–Crippen MR) is 92.6 cm³/mol.